The van der Waals surface area contributed by atoms with Crippen molar-refractivity contribution in [1.82, 2.24) is 29.9 Å². The third kappa shape index (κ3) is 3.78. The molecule has 12 heteroatoms. The standard InChI is InChI=1S/C14H15ClN8O2S/c1-3-7(10(24)21-14-17-4-6(15)11(22-14)25-2)26-12-8-9(19-5-18-8)20-13(16)23-12/h4-5,7H,3H2,1-2H3,(H,17,21,22,24)(H3,16,18,19,20,23)/t7-/m1/s1. The number of nitrogen functional groups attached to an aromatic ring is 1. The number of halogens is 1. The molecule has 0 fully saturated rings. The van der Waals surface area contributed by atoms with Crippen molar-refractivity contribution in [3.63, 3.8) is 0 Å². The topological polar surface area (TPSA) is 145 Å². The van der Waals surface area contributed by atoms with Gasteiger partial charge in [-0.25, -0.2) is 15.0 Å². The van der Waals surface area contributed by atoms with E-state index < -0.39 is 5.25 Å². The van der Waals surface area contributed by atoms with Gasteiger partial charge in [0.1, 0.15) is 15.6 Å². The van der Waals surface area contributed by atoms with Crippen LogP contribution in [0.2, 0.25) is 5.02 Å². The summed E-state index contributed by atoms with van der Waals surface area (Å²) in [5, 5.41) is 2.99. The number of aromatic amines is 1. The number of H-pyrrole nitrogens is 1. The van der Waals surface area contributed by atoms with Crippen LogP contribution in [-0.2, 0) is 4.79 Å². The van der Waals surface area contributed by atoms with E-state index >= 15 is 0 Å². The fourth-order valence-corrected chi connectivity index (χ4v) is 3.30. The Bertz CT molecular complexity index is 950. The number of nitrogens with two attached hydrogens (primary N) is 1. The summed E-state index contributed by atoms with van der Waals surface area (Å²) in [6.45, 7) is 1.88. The first kappa shape index (κ1) is 18.1. The average molecular weight is 395 g/mol. The summed E-state index contributed by atoms with van der Waals surface area (Å²) in [5.74, 6) is 0.0875. The lowest BCUT2D eigenvalue weighted by molar-refractivity contribution is -0.115. The van der Waals surface area contributed by atoms with Crippen LogP contribution in [0.15, 0.2) is 17.6 Å². The van der Waals surface area contributed by atoms with Crippen LogP contribution in [0.4, 0.5) is 11.9 Å². The van der Waals surface area contributed by atoms with Crippen molar-refractivity contribution < 1.29 is 9.53 Å². The van der Waals surface area contributed by atoms with Crippen LogP contribution >= 0.6 is 23.4 Å². The fourth-order valence-electron chi connectivity index (χ4n) is 2.11. The predicted octanol–water partition coefficient (Wildman–Crippen LogP) is 1.90. The minimum absolute atomic E-state index is 0.0909. The van der Waals surface area contributed by atoms with Gasteiger partial charge in [0.25, 0.3) is 0 Å². The minimum Gasteiger partial charge on any atom is -0.480 e. The molecule has 3 aromatic rings. The Balaban J connectivity index is 1.79. The summed E-state index contributed by atoms with van der Waals surface area (Å²) in [4.78, 5) is 35.9. The second kappa shape index (κ2) is 7.70. The number of hydrogen-bond acceptors (Lipinski definition) is 9. The first-order valence-corrected chi connectivity index (χ1v) is 8.78. The molecule has 0 bridgehead atoms. The second-order valence-corrected chi connectivity index (χ2v) is 6.64. The van der Waals surface area contributed by atoms with E-state index in [4.69, 9.17) is 22.1 Å². The monoisotopic (exact) mass is 394 g/mol. The number of thioether (sulfide) groups is 1. The highest BCUT2D eigenvalue weighted by Crippen LogP contribution is 2.30. The molecule has 1 atom stereocenters. The van der Waals surface area contributed by atoms with E-state index in [2.05, 4.69) is 35.2 Å². The Morgan fingerprint density at radius 3 is 2.96 bits per heavy atom. The Morgan fingerprint density at radius 2 is 2.23 bits per heavy atom. The van der Waals surface area contributed by atoms with Crippen molar-refractivity contribution in [2.75, 3.05) is 18.2 Å². The van der Waals surface area contributed by atoms with Crippen LogP contribution in [-0.4, -0.2) is 48.2 Å². The molecular formula is C14H15ClN8O2S. The number of ether oxygens (including phenoxy) is 1. The number of hydrogen-bond donors (Lipinski definition) is 3. The number of aromatic nitrogens is 6. The van der Waals surface area contributed by atoms with Gasteiger partial charge in [-0.15, -0.1) is 0 Å². The normalized spacial score (nSPS) is 12.1. The smallest absolute Gasteiger partial charge is 0.240 e. The molecule has 0 saturated heterocycles. The Labute approximate surface area is 157 Å². The van der Waals surface area contributed by atoms with E-state index in [0.717, 1.165) is 0 Å². The summed E-state index contributed by atoms with van der Waals surface area (Å²) in [6.07, 6.45) is 3.40. The van der Waals surface area contributed by atoms with Crippen LogP contribution in [0, 0.1) is 0 Å². The molecule has 4 N–H and O–H groups in total. The van der Waals surface area contributed by atoms with Gasteiger partial charge in [0.05, 0.1) is 24.9 Å². The van der Waals surface area contributed by atoms with Crippen molar-refractivity contribution in [1.29, 1.82) is 0 Å². The summed E-state index contributed by atoms with van der Waals surface area (Å²) in [6, 6.07) is 0. The molecule has 3 aromatic heterocycles. The summed E-state index contributed by atoms with van der Waals surface area (Å²) in [7, 11) is 1.43. The number of anilines is 2. The number of imidazole rings is 1. The van der Waals surface area contributed by atoms with Gasteiger partial charge in [-0.05, 0) is 6.42 Å². The van der Waals surface area contributed by atoms with Crippen LogP contribution in [0.25, 0.3) is 11.2 Å². The van der Waals surface area contributed by atoms with Crippen molar-refractivity contribution in [3.05, 3.63) is 17.5 Å². The number of methoxy groups -OCH3 is 1. The summed E-state index contributed by atoms with van der Waals surface area (Å²) < 4.78 is 5.02. The molecule has 3 heterocycles. The SMILES string of the molecule is CC[C@@H](Sc1nc(N)nc2nc[nH]c12)C(=O)Nc1ncc(Cl)c(OC)n1. The van der Waals surface area contributed by atoms with Crippen molar-refractivity contribution >= 4 is 52.3 Å². The quantitative estimate of drug-likeness (QED) is 0.421. The Kier molecular flexibility index (Phi) is 5.38. The average Bonchev–Trinajstić information content (AvgIpc) is 3.09. The molecule has 0 aromatic carbocycles. The zero-order chi connectivity index (χ0) is 18.7. The first-order valence-electron chi connectivity index (χ1n) is 7.52. The Hall–Kier alpha value is -2.66. The molecule has 3 rings (SSSR count). The highest BCUT2D eigenvalue weighted by molar-refractivity contribution is 8.00. The second-order valence-electron chi connectivity index (χ2n) is 5.04. The zero-order valence-corrected chi connectivity index (χ0v) is 15.4. The molecule has 10 nitrogen and oxygen atoms in total. The maximum Gasteiger partial charge on any atom is 0.240 e. The van der Waals surface area contributed by atoms with Crippen LogP contribution in [0.5, 0.6) is 5.88 Å². The van der Waals surface area contributed by atoms with Gasteiger partial charge in [-0.1, -0.05) is 30.3 Å². The minimum atomic E-state index is -0.457. The number of amides is 1. The van der Waals surface area contributed by atoms with Gasteiger partial charge in [-0.2, -0.15) is 9.97 Å². The predicted molar refractivity (Wildman–Crippen MR) is 98.3 cm³/mol. The van der Waals surface area contributed by atoms with E-state index in [1.807, 2.05) is 6.92 Å². The molecule has 0 aliphatic heterocycles. The van der Waals surface area contributed by atoms with E-state index in [0.29, 0.717) is 22.6 Å². The molecule has 0 radical (unpaired) electrons. The van der Waals surface area contributed by atoms with Crippen LogP contribution in [0.1, 0.15) is 13.3 Å². The fraction of sp³-hybridized carbons (Fsp3) is 0.286. The van der Waals surface area contributed by atoms with E-state index in [-0.39, 0.29) is 28.7 Å². The molecular weight excluding hydrogens is 380 g/mol. The van der Waals surface area contributed by atoms with Crippen molar-refractivity contribution in [2.45, 2.75) is 23.6 Å². The lowest BCUT2D eigenvalue weighted by Gasteiger charge is -2.14. The van der Waals surface area contributed by atoms with Gasteiger partial charge in [0.2, 0.25) is 23.7 Å². The number of nitrogens with zero attached hydrogens (tertiary/aromatic N) is 5. The van der Waals surface area contributed by atoms with Crippen molar-refractivity contribution in [2.24, 2.45) is 0 Å². The number of carbonyl (C=O) groups is 1. The van der Waals surface area contributed by atoms with Gasteiger partial charge < -0.3 is 15.5 Å². The third-order valence-electron chi connectivity index (χ3n) is 3.33. The van der Waals surface area contributed by atoms with Gasteiger partial charge in [-0.3, -0.25) is 10.1 Å². The van der Waals surface area contributed by atoms with Crippen LogP contribution < -0.4 is 15.8 Å². The lowest BCUT2D eigenvalue weighted by atomic mass is 10.3. The van der Waals surface area contributed by atoms with E-state index in [1.165, 1.54) is 31.4 Å². The van der Waals surface area contributed by atoms with E-state index in [9.17, 15) is 4.79 Å². The highest BCUT2D eigenvalue weighted by Gasteiger charge is 2.22. The molecule has 0 aliphatic rings. The molecule has 1 amide bonds. The number of fused-ring (bicyclic) bond motifs is 1. The third-order valence-corrected chi connectivity index (χ3v) is 4.94. The zero-order valence-electron chi connectivity index (χ0n) is 13.9. The number of carbonyl (C=O) groups excluding carboxylic acids is 1. The first-order chi connectivity index (χ1) is 12.5. The van der Waals surface area contributed by atoms with Gasteiger partial charge in [0, 0.05) is 0 Å². The number of rotatable bonds is 6. The maximum atomic E-state index is 12.6. The van der Waals surface area contributed by atoms with Crippen molar-refractivity contribution in [3.8, 4) is 5.88 Å². The summed E-state index contributed by atoms with van der Waals surface area (Å²) >= 11 is 7.14. The molecule has 0 saturated carbocycles. The maximum absolute atomic E-state index is 12.6. The molecule has 26 heavy (non-hydrogen) atoms. The molecule has 0 aliphatic carbocycles. The largest absolute Gasteiger partial charge is 0.480 e. The van der Waals surface area contributed by atoms with Gasteiger partial charge >= 0.3 is 0 Å². The Morgan fingerprint density at radius 1 is 1.42 bits per heavy atom. The highest BCUT2D eigenvalue weighted by atomic mass is 35.5. The lowest BCUT2D eigenvalue weighted by Crippen LogP contribution is -2.26. The van der Waals surface area contributed by atoms with Crippen LogP contribution in [0.3, 0.4) is 0 Å². The molecule has 0 unspecified atom stereocenters. The summed E-state index contributed by atoms with van der Waals surface area (Å²) in [5.41, 5.74) is 6.78. The molecule has 136 valence electrons. The van der Waals surface area contributed by atoms with E-state index in [1.54, 1.807) is 0 Å². The number of nitrogens with one attached hydrogen (secondary N) is 2. The molecule has 0 spiro atoms. The van der Waals surface area contributed by atoms with Gasteiger partial charge in [0.15, 0.2) is 5.65 Å².